The van der Waals surface area contributed by atoms with Crippen molar-refractivity contribution < 1.29 is 19.1 Å². The highest BCUT2D eigenvalue weighted by Crippen LogP contribution is 2.25. The maximum absolute atomic E-state index is 13.1. The second-order valence-electron chi connectivity index (χ2n) is 6.69. The Kier molecular flexibility index (Phi) is 4.83. The van der Waals surface area contributed by atoms with E-state index in [2.05, 4.69) is 0 Å². The summed E-state index contributed by atoms with van der Waals surface area (Å²) in [4.78, 5) is 38.0. The maximum atomic E-state index is 13.1. The fraction of sp³-hybridized carbons (Fsp3) is 0.0870. The minimum Gasteiger partial charge on any atom is -0.480 e. The van der Waals surface area contributed by atoms with Crippen molar-refractivity contribution in [2.45, 2.75) is 6.54 Å². The number of carboxylic acids is 1. The molecule has 0 unspecified atom stereocenters. The molecule has 6 heteroatoms. The number of aliphatic carboxylic acids is 1. The highest BCUT2D eigenvalue weighted by atomic mass is 16.4. The molecular formula is C23H17NO5. The Labute approximate surface area is 165 Å². The molecule has 4 aromatic rings. The van der Waals surface area contributed by atoms with Gasteiger partial charge in [-0.1, -0.05) is 60.7 Å². The van der Waals surface area contributed by atoms with Crippen LogP contribution in [0.5, 0.6) is 0 Å². The molecule has 1 aromatic heterocycles. The van der Waals surface area contributed by atoms with Gasteiger partial charge in [-0.25, -0.2) is 4.79 Å². The summed E-state index contributed by atoms with van der Waals surface area (Å²) in [5.41, 5.74) is 0.156. The fourth-order valence-electron chi connectivity index (χ4n) is 3.36. The van der Waals surface area contributed by atoms with Crippen molar-refractivity contribution in [2.24, 2.45) is 0 Å². The Balaban J connectivity index is 1.80. The van der Waals surface area contributed by atoms with Gasteiger partial charge in [0, 0.05) is 11.9 Å². The number of hydrogen-bond donors (Lipinski definition) is 1. The molecule has 0 aliphatic rings. The lowest BCUT2D eigenvalue weighted by molar-refractivity contribution is -0.137. The third-order valence-corrected chi connectivity index (χ3v) is 4.70. The molecule has 6 nitrogen and oxygen atoms in total. The van der Waals surface area contributed by atoms with Gasteiger partial charge in [-0.3, -0.25) is 9.59 Å². The summed E-state index contributed by atoms with van der Waals surface area (Å²) < 4.78 is 5.38. The van der Waals surface area contributed by atoms with E-state index < -0.39 is 24.0 Å². The summed E-state index contributed by atoms with van der Waals surface area (Å²) in [6, 6.07) is 21.6. The number of carbonyl (C=O) groups excluding carboxylic acids is 1. The number of amides is 1. The molecule has 3 aromatic carbocycles. The highest BCUT2D eigenvalue weighted by molar-refractivity contribution is 6.08. The number of benzene rings is 3. The standard InChI is InChI=1S/C23H17NO5/c25-21(26)14-24(13-15-6-2-1-3-7-15)22(27)19-12-18-17-9-5-4-8-16(17)10-11-20(18)29-23(19)28/h1-12H,13-14H2,(H,25,26). The third-order valence-electron chi connectivity index (χ3n) is 4.70. The number of fused-ring (bicyclic) bond motifs is 3. The molecule has 0 aliphatic carbocycles. The van der Waals surface area contributed by atoms with Gasteiger partial charge >= 0.3 is 11.6 Å². The smallest absolute Gasteiger partial charge is 0.349 e. The first kappa shape index (κ1) is 18.4. The molecule has 0 spiro atoms. The van der Waals surface area contributed by atoms with E-state index >= 15 is 0 Å². The van der Waals surface area contributed by atoms with Crippen LogP contribution in [0.25, 0.3) is 21.7 Å². The van der Waals surface area contributed by atoms with Gasteiger partial charge < -0.3 is 14.4 Å². The first-order valence-corrected chi connectivity index (χ1v) is 9.03. The number of hydrogen-bond acceptors (Lipinski definition) is 4. The van der Waals surface area contributed by atoms with Crippen LogP contribution in [0.15, 0.2) is 82.0 Å². The van der Waals surface area contributed by atoms with Gasteiger partial charge in [0.2, 0.25) is 0 Å². The highest BCUT2D eigenvalue weighted by Gasteiger charge is 2.23. The van der Waals surface area contributed by atoms with Gasteiger partial charge in [0.1, 0.15) is 17.7 Å². The minimum atomic E-state index is -1.16. The largest absolute Gasteiger partial charge is 0.480 e. The Morgan fingerprint density at radius 1 is 0.897 bits per heavy atom. The first-order chi connectivity index (χ1) is 14.0. The van der Waals surface area contributed by atoms with Gasteiger partial charge in [0.15, 0.2) is 0 Å². The molecule has 29 heavy (non-hydrogen) atoms. The summed E-state index contributed by atoms with van der Waals surface area (Å²) in [6.07, 6.45) is 0. The topological polar surface area (TPSA) is 87.8 Å². The molecule has 0 bridgehead atoms. The molecule has 1 N–H and O–H groups in total. The van der Waals surface area contributed by atoms with Gasteiger partial charge in [-0.2, -0.15) is 0 Å². The van der Waals surface area contributed by atoms with Crippen LogP contribution in [0.1, 0.15) is 15.9 Å². The van der Waals surface area contributed by atoms with E-state index in [0.29, 0.717) is 11.0 Å². The Bertz CT molecular complexity index is 1280. The van der Waals surface area contributed by atoms with Gasteiger partial charge in [-0.15, -0.1) is 0 Å². The van der Waals surface area contributed by atoms with Crippen LogP contribution < -0.4 is 5.63 Å². The van der Waals surface area contributed by atoms with Crippen molar-refractivity contribution in [3.05, 3.63) is 94.3 Å². The summed E-state index contributed by atoms with van der Waals surface area (Å²) in [7, 11) is 0. The zero-order chi connectivity index (χ0) is 20.4. The average Bonchev–Trinajstić information content (AvgIpc) is 2.72. The fourth-order valence-corrected chi connectivity index (χ4v) is 3.36. The lowest BCUT2D eigenvalue weighted by atomic mass is 10.0. The lowest BCUT2D eigenvalue weighted by Gasteiger charge is -2.20. The average molecular weight is 387 g/mol. The number of rotatable bonds is 5. The van der Waals surface area contributed by atoms with Gasteiger partial charge in [0.05, 0.1) is 0 Å². The molecule has 1 amide bonds. The predicted octanol–water partition coefficient (Wildman–Crippen LogP) is 3.67. The van der Waals surface area contributed by atoms with E-state index in [1.807, 2.05) is 36.4 Å². The zero-order valence-electron chi connectivity index (χ0n) is 15.4. The summed E-state index contributed by atoms with van der Waals surface area (Å²) in [5.74, 6) is -1.84. The quantitative estimate of drug-likeness (QED) is 0.417. The van der Waals surface area contributed by atoms with E-state index in [9.17, 15) is 19.5 Å². The van der Waals surface area contributed by atoms with Crippen molar-refractivity contribution in [2.75, 3.05) is 6.54 Å². The van der Waals surface area contributed by atoms with Crippen molar-refractivity contribution >= 4 is 33.6 Å². The number of carbonyl (C=O) groups is 2. The normalized spacial score (nSPS) is 10.9. The second-order valence-corrected chi connectivity index (χ2v) is 6.69. The second kappa shape index (κ2) is 7.59. The molecule has 0 saturated carbocycles. The van der Waals surface area contributed by atoms with Crippen LogP contribution in [-0.4, -0.2) is 28.4 Å². The molecule has 0 radical (unpaired) electrons. The monoisotopic (exact) mass is 387 g/mol. The Morgan fingerprint density at radius 2 is 1.62 bits per heavy atom. The lowest BCUT2D eigenvalue weighted by Crippen LogP contribution is -2.37. The van der Waals surface area contributed by atoms with Crippen LogP contribution in [0.2, 0.25) is 0 Å². The molecule has 0 saturated heterocycles. The molecule has 0 fully saturated rings. The SMILES string of the molecule is O=C(O)CN(Cc1ccccc1)C(=O)c1cc2c(ccc3ccccc32)oc1=O. The molecular weight excluding hydrogens is 370 g/mol. The van der Waals surface area contributed by atoms with Crippen molar-refractivity contribution in [1.29, 1.82) is 0 Å². The Hall–Kier alpha value is -3.93. The molecule has 4 rings (SSSR count). The first-order valence-electron chi connectivity index (χ1n) is 9.03. The number of carboxylic acid groups (broad SMARTS) is 1. The van der Waals surface area contributed by atoms with Crippen LogP contribution in [-0.2, 0) is 11.3 Å². The molecule has 144 valence electrons. The van der Waals surface area contributed by atoms with Crippen LogP contribution in [0.3, 0.4) is 0 Å². The molecule has 1 heterocycles. The van der Waals surface area contributed by atoms with Crippen molar-refractivity contribution in [1.82, 2.24) is 4.90 Å². The van der Waals surface area contributed by atoms with Crippen molar-refractivity contribution in [3.8, 4) is 0 Å². The van der Waals surface area contributed by atoms with Crippen LogP contribution in [0.4, 0.5) is 0 Å². The molecule has 0 atom stereocenters. The van der Waals surface area contributed by atoms with Gasteiger partial charge in [-0.05, 0) is 28.5 Å². The van der Waals surface area contributed by atoms with E-state index in [1.165, 1.54) is 6.07 Å². The Morgan fingerprint density at radius 3 is 2.38 bits per heavy atom. The van der Waals surface area contributed by atoms with Crippen LogP contribution in [0, 0.1) is 0 Å². The minimum absolute atomic E-state index is 0.0684. The summed E-state index contributed by atoms with van der Waals surface area (Å²) in [6.45, 7) is -0.459. The third kappa shape index (κ3) is 3.73. The van der Waals surface area contributed by atoms with E-state index in [1.54, 1.807) is 30.3 Å². The summed E-state index contributed by atoms with van der Waals surface area (Å²) in [5, 5.41) is 11.7. The van der Waals surface area contributed by atoms with E-state index in [4.69, 9.17) is 4.42 Å². The zero-order valence-corrected chi connectivity index (χ0v) is 15.4. The molecule has 0 aliphatic heterocycles. The van der Waals surface area contributed by atoms with E-state index in [-0.39, 0.29) is 12.1 Å². The van der Waals surface area contributed by atoms with Crippen LogP contribution >= 0.6 is 0 Å². The maximum Gasteiger partial charge on any atom is 0.349 e. The van der Waals surface area contributed by atoms with Gasteiger partial charge in [0.25, 0.3) is 5.91 Å². The summed E-state index contributed by atoms with van der Waals surface area (Å²) >= 11 is 0. The van der Waals surface area contributed by atoms with E-state index in [0.717, 1.165) is 21.2 Å². The number of nitrogens with zero attached hydrogens (tertiary/aromatic N) is 1. The predicted molar refractivity (Wildman–Crippen MR) is 109 cm³/mol. The van der Waals surface area contributed by atoms with Crippen molar-refractivity contribution in [3.63, 3.8) is 0 Å².